The van der Waals surface area contributed by atoms with Crippen LogP contribution in [0, 0.1) is 13.8 Å². The summed E-state index contributed by atoms with van der Waals surface area (Å²) in [6, 6.07) is 38.8. The zero-order chi connectivity index (χ0) is 23.8. The second-order valence-corrected chi connectivity index (χ2v) is 9.07. The molecule has 4 aromatic carbocycles. The lowest BCUT2D eigenvalue weighted by molar-refractivity contribution is -0.708. The van der Waals surface area contributed by atoms with Crippen LogP contribution in [0.15, 0.2) is 109 Å². The van der Waals surface area contributed by atoms with E-state index >= 15 is 0 Å². The molecule has 0 saturated heterocycles. The quantitative estimate of drug-likeness (QED) is 0.232. The van der Waals surface area contributed by atoms with E-state index in [4.69, 9.17) is 0 Å². The van der Waals surface area contributed by atoms with Crippen molar-refractivity contribution in [2.24, 2.45) is 0 Å². The molecule has 0 unspecified atom stereocenters. The lowest BCUT2D eigenvalue weighted by Crippen LogP contribution is -3.00. The summed E-state index contributed by atoms with van der Waals surface area (Å²) in [7, 11) is 0. The number of halogens is 2. The van der Waals surface area contributed by atoms with E-state index in [1.807, 2.05) is 0 Å². The Bertz CT molecular complexity index is 1510. The van der Waals surface area contributed by atoms with Gasteiger partial charge < -0.3 is 34.0 Å². The van der Waals surface area contributed by atoms with Crippen molar-refractivity contribution in [3.05, 3.63) is 121 Å². The largest absolute Gasteiger partial charge is 1.00 e. The molecule has 0 aliphatic heterocycles. The number of aromatic nitrogens is 4. The predicted molar refractivity (Wildman–Crippen MR) is 141 cm³/mol. The fraction of sp³-hybridized carbons (Fsp3) is 0.161. The first-order valence-electron chi connectivity index (χ1n) is 12.3. The third-order valence-electron chi connectivity index (χ3n) is 7.05. The van der Waals surface area contributed by atoms with Gasteiger partial charge in [-0.3, -0.25) is 0 Å². The van der Waals surface area contributed by atoms with Crippen LogP contribution in [0.25, 0.3) is 33.4 Å². The lowest BCUT2D eigenvalue weighted by Gasteiger charge is -2.03. The average molecular weight is 618 g/mol. The molecule has 6 heteroatoms. The molecule has 0 spiro atoms. The number of para-hydroxylation sites is 6. The summed E-state index contributed by atoms with van der Waals surface area (Å²) in [5, 5.41) is 0. The number of rotatable bonds is 6. The van der Waals surface area contributed by atoms with Gasteiger partial charge in [0.2, 0.25) is 0 Å². The minimum Gasteiger partial charge on any atom is -1.00 e. The Morgan fingerprint density at radius 2 is 0.838 bits per heavy atom. The van der Waals surface area contributed by atoms with Crippen molar-refractivity contribution in [1.29, 1.82) is 0 Å². The molecular formula is C31H30Br2N4. The van der Waals surface area contributed by atoms with Crippen molar-refractivity contribution in [3.63, 3.8) is 0 Å². The molecular weight excluding hydrogens is 588 g/mol. The molecule has 0 saturated carbocycles. The Balaban J connectivity index is 0.00000160. The van der Waals surface area contributed by atoms with Gasteiger partial charge in [0.1, 0.15) is 11.4 Å². The maximum absolute atomic E-state index is 2.47. The molecule has 0 bridgehead atoms. The van der Waals surface area contributed by atoms with Crippen molar-refractivity contribution < 1.29 is 43.1 Å². The minimum absolute atomic E-state index is 0. The fourth-order valence-corrected chi connectivity index (χ4v) is 5.46. The average Bonchev–Trinajstić information content (AvgIpc) is 3.35. The van der Waals surface area contributed by atoms with Gasteiger partial charge in [-0.2, -0.15) is 9.13 Å². The van der Waals surface area contributed by atoms with Crippen molar-refractivity contribution in [2.75, 3.05) is 0 Å². The molecule has 0 atom stereocenters. The van der Waals surface area contributed by atoms with Gasteiger partial charge in [0.25, 0.3) is 11.6 Å². The molecule has 37 heavy (non-hydrogen) atoms. The molecule has 0 radical (unpaired) electrons. The number of imidazole rings is 2. The number of fused-ring (bicyclic) bond motifs is 2. The Morgan fingerprint density at radius 3 is 1.24 bits per heavy atom. The molecule has 0 amide bonds. The van der Waals surface area contributed by atoms with Crippen molar-refractivity contribution in [3.8, 4) is 11.4 Å². The third-order valence-corrected chi connectivity index (χ3v) is 7.05. The Morgan fingerprint density at radius 1 is 0.486 bits per heavy atom. The standard InChI is InChI=1S/C31H30N4.2BrH/c1-24-32(28-18-9-11-20-30(28)34(24)26-14-5-3-6-15-26)22-13-23-33-25(2)35(27-16-7-4-8-17-27)31-21-12-10-19-29(31)33;;/h3-12,14-21H,13,22-23H2,1-2H3;2*1H/q+2;;/p-2. The molecule has 0 aliphatic carbocycles. The summed E-state index contributed by atoms with van der Waals surface area (Å²) in [4.78, 5) is 0. The lowest BCUT2D eigenvalue weighted by atomic mass is 10.2. The highest BCUT2D eigenvalue weighted by Crippen LogP contribution is 2.21. The van der Waals surface area contributed by atoms with Gasteiger partial charge in [0, 0.05) is 20.3 Å². The van der Waals surface area contributed by atoms with Gasteiger partial charge in [-0.15, -0.1) is 0 Å². The van der Waals surface area contributed by atoms with E-state index in [1.165, 1.54) is 45.1 Å². The summed E-state index contributed by atoms with van der Waals surface area (Å²) < 4.78 is 9.67. The molecule has 6 rings (SSSR count). The number of aryl methyl sites for hydroxylation is 2. The van der Waals surface area contributed by atoms with Crippen molar-refractivity contribution >= 4 is 22.1 Å². The van der Waals surface area contributed by atoms with Crippen LogP contribution in [0.3, 0.4) is 0 Å². The first-order valence-corrected chi connectivity index (χ1v) is 12.3. The molecule has 4 nitrogen and oxygen atoms in total. The molecule has 0 aliphatic rings. The minimum atomic E-state index is 0. The van der Waals surface area contributed by atoms with E-state index in [2.05, 4.69) is 141 Å². The van der Waals surface area contributed by atoms with E-state index in [0.29, 0.717) is 0 Å². The first-order chi connectivity index (χ1) is 17.2. The first kappa shape index (κ1) is 26.8. The monoisotopic (exact) mass is 616 g/mol. The van der Waals surface area contributed by atoms with E-state index in [1.54, 1.807) is 0 Å². The Labute approximate surface area is 239 Å². The van der Waals surface area contributed by atoms with Gasteiger partial charge in [0.05, 0.1) is 13.1 Å². The van der Waals surface area contributed by atoms with Gasteiger partial charge in [-0.05, 0) is 48.5 Å². The highest BCUT2D eigenvalue weighted by molar-refractivity contribution is 5.75. The van der Waals surface area contributed by atoms with Crippen LogP contribution in [0.5, 0.6) is 0 Å². The van der Waals surface area contributed by atoms with E-state index in [-0.39, 0.29) is 34.0 Å². The van der Waals surface area contributed by atoms with Gasteiger partial charge >= 0.3 is 0 Å². The Kier molecular flexibility index (Phi) is 8.30. The van der Waals surface area contributed by atoms with E-state index in [9.17, 15) is 0 Å². The summed E-state index contributed by atoms with van der Waals surface area (Å²) in [5.74, 6) is 2.51. The van der Waals surface area contributed by atoms with Crippen LogP contribution in [0.4, 0.5) is 0 Å². The number of hydrogen-bond acceptors (Lipinski definition) is 0. The molecule has 2 heterocycles. The second kappa shape index (κ2) is 11.4. The van der Waals surface area contributed by atoms with E-state index in [0.717, 1.165) is 19.5 Å². The van der Waals surface area contributed by atoms with Crippen LogP contribution in [-0.2, 0) is 13.1 Å². The molecule has 6 aromatic rings. The normalized spacial score (nSPS) is 10.9. The third kappa shape index (κ3) is 4.76. The maximum atomic E-state index is 2.47. The van der Waals surface area contributed by atoms with Crippen molar-refractivity contribution in [2.45, 2.75) is 33.4 Å². The highest BCUT2D eigenvalue weighted by atomic mass is 79.9. The maximum Gasteiger partial charge on any atom is 0.259 e. The summed E-state index contributed by atoms with van der Waals surface area (Å²) in [6.45, 7) is 6.38. The van der Waals surface area contributed by atoms with Gasteiger partial charge in [0.15, 0.2) is 22.1 Å². The van der Waals surface area contributed by atoms with Crippen LogP contribution in [0.2, 0.25) is 0 Å². The summed E-state index contributed by atoms with van der Waals surface area (Å²) >= 11 is 0. The second-order valence-electron chi connectivity index (χ2n) is 9.07. The van der Waals surface area contributed by atoms with Crippen LogP contribution in [-0.4, -0.2) is 9.13 Å². The zero-order valence-electron chi connectivity index (χ0n) is 21.1. The topological polar surface area (TPSA) is 17.6 Å². The van der Waals surface area contributed by atoms with Gasteiger partial charge in [-0.25, -0.2) is 9.13 Å². The number of benzene rings is 4. The smallest absolute Gasteiger partial charge is 0.259 e. The molecule has 0 fully saturated rings. The summed E-state index contributed by atoms with van der Waals surface area (Å²) in [5.41, 5.74) is 7.47. The number of nitrogens with zero attached hydrogens (tertiary/aromatic N) is 4. The predicted octanol–water partition coefficient (Wildman–Crippen LogP) is -0.135. The van der Waals surface area contributed by atoms with Crippen LogP contribution >= 0.6 is 0 Å². The highest BCUT2D eigenvalue weighted by Gasteiger charge is 2.25. The Hall–Kier alpha value is -3.22. The van der Waals surface area contributed by atoms with Crippen LogP contribution < -0.4 is 43.1 Å². The van der Waals surface area contributed by atoms with E-state index < -0.39 is 0 Å². The van der Waals surface area contributed by atoms with Crippen molar-refractivity contribution in [1.82, 2.24) is 9.13 Å². The zero-order valence-corrected chi connectivity index (χ0v) is 24.2. The number of hydrogen-bond donors (Lipinski definition) is 0. The fourth-order valence-electron chi connectivity index (χ4n) is 5.46. The van der Waals surface area contributed by atoms with Crippen LogP contribution in [0.1, 0.15) is 18.1 Å². The summed E-state index contributed by atoms with van der Waals surface area (Å²) in [6.07, 6.45) is 1.04. The molecule has 2 aromatic heterocycles. The molecule has 188 valence electrons. The molecule has 0 N–H and O–H groups in total. The SMILES string of the molecule is Cc1n(-c2ccccc2)c2ccccc2[n+]1CCC[n+]1c(C)n(-c2ccccc2)c2ccccc21.[Br-].[Br-]. The van der Waals surface area contributed by atoms with Gasteiger partial charge in [-0.1, -0.05) is 60.7 Å².